The zero-order chi connectivity index (χ0) is 9.52. The summed E-state index contributed by atoms with van der Waals surface area (Å²) in [6, 6.07) is 0. The van der Waals surface area contributed by atoms with Crippen LogP contribution in [-0.2, 0) is 9.53 Å². The van der Waals surface area contributed by atoms with Gasteiger partial charge in [-0.1, -0.05) is 32.6 Å². The molecule has 76 valence electrons. The molecule has 2 nitrogen and oxygen atoms in total. The van der Waals surface area contributed by atoms with Crippen LogP contribution in [0.5, 0.6) is 0 Å². The quantitative estimate of drug-likeness (QED) is 0.614. The van der Waals surface area contributed by atoms with Gasteiger partial charge < -0.3 is 4.74 Å². The van der Waals surface area contributed by atoms with E-state index in [0.29, 0.717) is 12.4 Å². The monoisotopic (exact) mass is 184 g/mol. The summed E-state index contributed by atoms with van der Waals surface area (Å²) in [7, 11) is 0. The number of hydrogen-bond donors (Lipinski definition) is 0. The lowest BCUT2D eigenvalue weighted by molar-refractivity contribution is -0.137. The summed E-state index contributed by atoms with van der Waals surface area (Å²) in [5.74, 6) is 0.638. The molecule has 0 amide bonds. The smallest absolute Gasteiger partial charge is 0.293 e. The van der Waals surface area contributed by atoms with Crippen LogP contribution in [0.15, 0.2) is 0 Å². The van der Waals surface area contributed by atoms with Crippen LogP contribution in [0.4, 0.5) is 0 Å². The van der Waals surface area contributed by atoms with Crippen LogP contribution in [0.3, 0.4) is 0 Å². The lowest BCUT2D eigenvalue weighted by Crippen LogP contribution is -2.25. The van der Waals surface area contributed by atoms with Crippen molar-refractivity contribution >= 4 is 6.47 Å². The van der Waals surface area contributed by atoms with Crippen molar-refractivity contribution in [1.82, 2.24) is 0 Å². The fraction of sp³-hybridized carbons (Fsp3) is 0.909. The molecule has 0 aromatic heterocycles. The molecular weight excluding hydrogens is 164 g/mol. The van der Waals surface area contributed by atoms with Gasteiger partial charge in [0.05, 0.1) is 0 Å². The first-order chi connectivity index (χ1) is 6.38. The van der Waals surface area contributed by atoms with Gasteiger partial charge in [0, 0.05) is 0 Å². The molecule has 0 heterocycles. The maximum atomic E-state index is 10.3. The van der Waals surface area contributed by atoms with E-state index in [1.807, 2.05) is 0 Å². The van der Waals surface area contributed by atoms with E-state index in [1.165, 1.54) is 32.1 Å². The Labute approximate surface area is 80.7 Å². The van der Waals surface area contributed by atoms with Crippen molar-refractivity contribution < 1.29 is 9.53 Å². The zero-order valence-corrected chi connectivity index (χ0v) is 8.50. The summed E-state index contributed by atoms with van der Waals surface area (Å²) in [5, 5.41) is 0. The zero-order valence-electron chi connectivity index (χ0n) is 8.50. The van der Waals surface area contributed by atoms with Crippen molar-refractivity contribution in [2.45, 2.75) is 58.0 Å². The fourth-order valence-electron chi connectivity index (χ4n) is 2.28. The van der Waals surface area contributed by atoms with E-state index in [0.717, 1.165) is 12.8 Å². The first-order valence-electron chi connectivity index (χ1n) is 5.47. The molecule has 0 aliphatic heterocycles. The third-order valence-electron chi connectivity index (χ3n) is 2.98. The normalized spacial score (nSPS) is 21.0. The second-order valence-corrected chi connectivity index (χ2v) is 3.96. The molecule has 1 aliphatic carbocycles. The molecule has 0 aromatic carbocycles. The largest absolute Gasteiger partial charge is 0.464 e. The standard InChI is InChI=1S/C11H20O2/c1-2-6-11(13-9-12)10-7-4-3-5-8-10/h9-11H,2-8H2,1H3. The van der Waals surface area contributed by atoms with Crippen LogP contribution in [0.25, 0.3) is 0 Å². The molecule has 2 heteroatoms. The summed E-state index contributed by atoms with van der Waals surface area (Å²) < 4.78 is 5.14. The SMILES string of the molecule is CCCC(OC=O)C1CCCCC1. The van der Waals surface area contributed by atoms with E-state index < -0.39 is 0 Å². The van der Waals surface area contributed by atoms with Crippen LogP contribution in [0, 0.1) is 5.92 Å². The minimum absolute atomic E-state index is 0.197. The minimum Gasteiger partial charge on any atom is -0.464 e. The molecule has 1 aliphatic rings. The van der Waals surface area contributed by atoms with Gasteiger partial charge in [0.2, 0.25) is 0 Å². The number of rotatable bonds is 5. The fourth-order valence-corrected chi connectivity index (χ4v) is 2.28. The van der Waals surface area contributed by atoms with Crippen LogP contribution >= 0.6 is 0 Å². The molecule has 1 saturated carbocycles. The van der Waals surface area contributed by atoms with Crippen molar-refractivity contribution in [2.75, 3.05) is 0 Å². The first-order valence-corrected chi connectivity index (χ1v) is 5.47. The minimum atomic E-state index is 0.197. The molecule has 1 fully saturated rings. The predicted molar refractivity (Wildman–Crippen MR) is 52.4 cm³/mol. The third-order valence-corrected chi connectivity index (χ3v) is 2.98. The van der Waals surface area contributed by atoms with E-state index in [9.17, 15) is 4.79 Å². The summed E-state index contributed by atoms with van der Waals surface area (Å²) in [6.07, 6.45) is 8.81. The lowest BCUT2D eigenvalue weighted by Gasteiger charge is -2.28. The van der Waals surface area contributed by atoms with E-state index >= 15 is 0 Å². The molecule has 0 radical (unpaired) electrons. The van der Waals surface area contributed by atoms with Gasteiger partial charge >= 0.3 is 0 Å². The van der Waals surface area contributed by atoms with Gasteiger partial charge in [-0.25, -0.2) is 0 Å². The van der Waals surface area contributed by atoms with Crippen molar-refractivity contribution in [3.8, 4) is 0 Å². The molecule has 0 bridgehead atoms. The molecule has 13 heavy (non-hydrogen) atoms. The highest BCUT2D eigenvalue weighted by atomic mass is 16.5. The van der Waals surface area contributed by atoms with Crippen molar-refractivity contribution in [3.63, 3.8) is 0 Å². The van der Waals surface area contributed by atoms with Crippen molar-refractivity contribution in [3.05, 3.63) is 0 Å². The lowest BCUT2D eigenvalue weighted by atomic mass is 9.84. The highest BCUT2D eigenvalue weighted by Gasteiger charge is 2.23. The molecule has 1 rings (SSSR count). The van der Waals surface area contributed by atoms with Crippen LogP contribution in [0.1, 0.15) is 51.9 Å². The Hall–Kier alpha value is -0.530. The molecule has 1 unspecified atom stereocenters. The second-order valence-electron chi connectivity index (χ2n) is 3.96. The number of hydrogen-bond acceptors (Lipinski definition) is 2. The molecule has 0 spiro atoms. The van der Waals surface area contributed by atoms with Gasteiger partial charge in [0.25, 0.3) is 6.47 Å². The molecule has 1 atom stereocenters. The second kappa shape index (κ2) is 6.01. The maximum absolute atomic E-state index is 10.3. The Bertz CT molecular complexity index is 139. The number of ether oxygens (including phenoxy) is 1. The molecule has 0 N–H and O–H groups in total. The van der Waals surface area contributed by atoms with Crippen LogP contribution in [-0.4, -0.2) is 12.6 Å². The van der Waals surface area contributed by atoms with Gasteiger partial charge in [0.15, 0.2) is 0 Å². The Morgan fingerprint density at radius 1 is 1.38 bits per heavy atom. The Kier molecular flexibility index (Phi) is 4.87. The highest BCUT2D eigenvalue weighted by Crippen LogP contribution is 2.29. The average Bonchev–Trinajstić information content (AvgIpc) is 2.19. The number of carbonyl (C=O) groups is 1. The topological polar surface area (TPSA) is 26.3 Å². The summed E-state index contributed by atoms with van der Waals surface area (Å²) >= 11 is 0. The third kappa shape index (κ3) is 3.37. The molecule has 0 aromatic rings. The maximum Gasteiger partial charge on any atom is 0.293 e. The summed E-state index contributed by atoms with van der Waals surface area (Å²) in [4.78, 5) is 10.3. The first kappa shape index (κ1) is 10.6. The van der Waals surface area contributed by atoms with Crippen molar-refractivity contribution in [1.29, 1.82) is 0 Å². The van der Waals surface area contributed by atoms with E-state index in [-0.39, 0.29) is 6.10 Å². The Morgan fingerprint density at radius 2 is 2.08 bits per heavy atom. The highest BCUT2D eigenvalue weighted by molar-refractivity contribution is 5.37. The Balaban J connectivity index is 2.36. The predicted octanol–water partition coefficient (Wildman–Crippen LogP) is 2.91. The average molecular weight is 184 g/mol. The van der Waals surface area contributed by atoms with Gasteiger partial charge in [0.1, 0.15) is 6.10 Å². The van der Waals surface area contributed by atoms with Gasteiger partial charge in [-0.15, -0.1) is 0 Å². The van der Waals surface area contributed by atoms with Gasteiger partial charge in [-0.05, 0) is 25.2 Å². The van der Waals surface area contributed by atoms with Crippen LogP contribution < -0.4 is 0 Å². The van der Waals surface area contributed by atoms with E-state index in [1.54, 1.807) is 0 Å². The summed E-state index contributed by atoms with van der Waals surface area (Å²) in [5.41, 5.74) is 0. The molecular formula is C11H20O2. The van der Waals surface area contributed by atoms with Gasteiger partial charge in [-0.3, -0.25) is 4.79 Å². The van der Waals surface area contributed by atoms with Crippen molar-refractivity contribution in [2.24, 2.45) is 5.92 Å². The van der Waals surface area contributed by atoms with E-state index in [2.05, 4.69) is 6.92 Å². The molecule has 0 saturated heterocycles. The summed E-state index contributed by atoms with van der Waals surface area (Å²) in [6.45, 7) is 2.76. The van der Waals surface area contributed by atoms with Crippen LogP contribution in [0.2, 0.25) is 0 Å². The number of carbonyl (C=O) groups excluding carboxylic acids is 1. The van der Waals surface area contributed by atoms with Gasteiger partial charge in [-0.2, -0.15) is 0 Å². The Morgan fingerprint density at radius 3 is 2.62 bits per heavy atom. The van der Waals surface area contributed by atoms with E-state index in [4.69, 9.17) is 4.74 Å².